The van der Waals surface area contributed by atoms with Gasteiger partial charge in [-0.05, 0) is 24.6 Å². The predicted molar refractivity (Wildman–Crippen MR) is 97.0 cm³/mol. The summed E-state index contributed by atoms with van der Waals surface area (Å²) in [7, 11) is 0. The van der Waals surface area contributed by atoms with Gasteiger partial charge in [0.05, 0.1) is 11.4 Å². The van der Waals surface area contributed by atoms with E-state index in [2.05, 4.69) is 41.4 Å². The molecule has 3 heteroatoms. The smallest absolute Gasteiger partial charge is 0.154 e. The SMILES string of the molecule is Cc1ccc(-n2nc(-c3ccccc3)cc2-c2ccccc2)nc1. The molecule has 0 N–H and O–H groups in total. The van der Waals surface area contributed by atoms with Gasteiger partial charge in [0.1, 0.15) is 0 Å². The van der Waals surface area contributed by atoms with Crippen molar-refractivity contribution in [1.82, 2.24) is 14.8 Å². The lowest BCUT2D eigenvalue weighted by Gasteiger charge is -2.06. The zero-order valence-electron chi connectivity index (χ0n) is 13.4. The molecule has 0 unspecified atom stereocenters. The van der Waals surface area contributed by atoms with E-state index >= 15 is 0 Å². The van der Waals surface area contributed by atoms with E-state index in [-0.39, 0.29) is 0 Å². The van der Waals surface area contributed by atoms with E-state index in [0.717, 1.165) is 33.9 Å². The second kappa shape index (κ2) is 6.13. The average Bonchev–Trinajstić information content (AvgIpc) is 3.09. The largest absolute Gasteiger partial charge is 0.237 e. The molecule has 0 aliphatic heterocycles. The van der Waals surface area contributed by atoms with Gasteiger partial charge in [0.2, 0.25) is 0 Å². The first kappa shape index (κ1) is 14.4. The average molecular weight is 311 g/mol. The zero-order valence-corrected chi connectivity index (χ0v) is 13.4. The molecule has 0 spiro atoms. The van der Waals surface area contributed by atoms with E-state index in [1.165, 1.54) is 0 Å². The summed E-state index contributed by atoms with van der Waals surface area (Å²) in [6, 6.07) is 26.7. The Balaban J connectivity index is 1.90. The number of aromatic nitrogens is 3. The number of pyridine rings is 1. The maximum absolute atomic E-state index is 4.81. The van der Waals surface area contributed by atoms with E-state index in [1.807, 2.05) is 60.3 Å². The summed E-state index contributed by atoms with van der Waals surface area (Å²) in [4.78, 5) is 4.54. The van der Waals surface area contributed by atoms with Crippen LogP contribution in [0.3, 0.4) is 0 Å². The highest BCUT2D eigenvalue weighted by atomic mass is 15.3. The third-order valence-electron chi connectivity index (χ3n) is 3.96. The Labute approximate surface area is 141 Å². The van der Waals surface area contributed by atoms with Gasteiger partial charge in [-0.1, -0.05) is 66.7 Å². The summed E-state index contributed by atoms with van der Waals surface area (Å²) in [5.74, 6) is 0.821. The molecular formula is C21H17N3. The van der Waals surface area contributed by atoms with Crippen molar-refractivity contribution in [2.24, 2.45) is 0 Å². The Morgan fingerprint density at radius 2 is 1.42 bits per heavy atom. The van der Waals surface area contributed by atoms with Crippen LogP contribution in [0.1, 0.15) is 5.56 Å². The number of aryl methyl sites for hydroxylation is 1. The normalized spacial score (nSPS) is 10.7. The van der Waals surface area contributed by atoms with Crippen LogP contribution in [-0.4, -0.2) is 14.8 Å². The van der Waals surface area contributed by atoms with E-state index in [4.69, 9.17) is 5.10 Å². The molecule has 2 heterocycles. The van der Waals surface area contributed by atoms with Crippen molar-refractivity contribution in [2.45, 2.75) is 6.92 Å². The van der Waals surface area contributed by atoms with E-state index in [1.54, 1.807) is 0 Å². The lowest BCUT2D eigenvalue weighted by molar-refractivity contribution is 0.856. The van der Waals surface area contributed by atoms with Crippen LogP contribution >= 0.6 is 0 Å². The molecule has 4 aromatic rings. The van der Waals surface area contributed by atoms with Crippen LogP contribution in [-0.2, 0) is 0 Å². The minimum atomic E-state index is 0.821. The Morgan fingerprint density at radius 1 is 0.750 bits per heavy atom. The number of nitrogens with zero attached hydrogens (tertiary/aromatic N) is 3. The van der Waals surface area contributed by atoms with Crippen molar-refractivity contribution >= 4 is 0 Å². The van der Waals surface area contributed by atoms with Gasteiger partial charge < -0.3 is 0 Å². The first-order valence-electron chi connectivity index (χ1n) is 7.95. The lowest BCUT2D eigenvalue weighted by atomic mass is 10.1. The first-order valence-corrected chi connectivity index (χ1v) is 7.95. The quantitative estimate of drug-likeness (QED) is 0.538. The van der Waals surface area contributed by atoms with Crippen LogP contribution in [0.25, 0.3) is 28.3 Å². The monoisotopic (exact) mass is 311 g/mol. The van der Waals surface area contributed by atoms with E-state index in [9.17, 15) is 0 Å². The number of rotatable bonds is 3. The molecular weight excluding hydrogens is 294 g/mol. The third-order valence-corrected chi connectivity index (χ3v) is 3.96. The Bertz CT molecular complexity index is 940. The molecule has 0 fully saturated rings. The summed E-state index contributed by atoms with van der Waals surface area (Å²) in [5.41, 5.74) is 5.33. The van der Waals surface area contributed by atoms with Crippen molar-refractivity contribution in [1.29, 1.82) is 0 Å². The summed E-state index contributed by atoms with van der Waals surface area (Å²) >= 11 is 0. The van der Waals surface area contributed by atoms with Crippen LogP contribution in [0, 0.1) is 6.92 Å². The molecule has 24 heavy (non-hydrogen) atoms. The minimum absolute atomic E-state index is 0.821. The zero-order chi connectivity index (χ0) is 16.4. The van der Waals surface area contributed by atoms with Crippen molar-refractivity contribution in [2.75, 3.05) is 0 Å². The summed E-state index contributed by atoms with van der Waals surface area (Å²) in [6.07, 6.45) is 1.87. The fraction of sp³-hybridized carbons (Fsp3) is 0.0476. The van der Waals surface area contributed by atoms with Gasteiger partial charge in [0, 0.05) is 17.3 Å². The molecule has 4 rings (SSSR count). The number of hydrogen-bond acceptors (Lipinski definition) is 2. The van der Waals surface area contributed by atoms with Gasteiger partial charge in [-0.2, -0.15) is 5.10 Å². The predicted octanol–water partition coefficient (Wildman–Crippen LogP) is 4.91. The number of benzene rings is 2. The standard InChI is InChI=1S/C21H17N3/c1-16-12-13-21(22-15-16)24-20(18-10-6-3-7-11-18)14-19(23-24)17-8-4-2-5-9-17/h2-15H,1H3. The van der Waals surface area contributed by atoms with Crippen LogP contribution in [0.4, 0.5) is 0 Å². The highest BCUT2D eigenvalue weighted by Crippen LogP contribution is 2.28. The highest BCUT2D eigenvalue weighted by Gasteiger charge is 2.13. The van der Waals surface area contributed by atoms with Crippen LogP contribution in [0.2, 0.25) is 0 Å². The maximum atomic E-state index is 4.81. The molecule has 116 valence electrons. The third kappa shape index (κ3) is 2.72. The Morgan fingerprint density at radius 3 is 2.04 bits per heavy atom. The molecule has 2 aromatic carbocycles. The fourth-order valence-electron chi connectivity index (χ4n) is 2.71. The minimum Gasteiger partial charge on any atom is -0.237 e. The van der Waals surface area contributed by atoms with Crippen molar-refractivity contribution in [3.63, 3.8) is 0 Å². The molecule has 0 radical (unpaired) electrons. The van der Waals surface area contributed by atoms with Gasteiger partial charge in [-0.3, -0.25) is 0 Å². The molecule has 3 nitrogen and oxygen atoms in total. The summed E-state index contributed by atoms with van der Waals surface area (Å²) in [5, 5.41) is 4.81. The molecule has 0 saturated heterocycles. The first-order chi connectivity index (χ1) is 11.8. The van der Waals surface area contributed by atoms with Crippen molar-refractivity contribution in [3.05, 3.63) is 90.6 Å². The summed E-state index contributed by atoms with van der Waals surface area (Å²) in [6.45, 7) is 2.04. The highest BCUT2D eigenvalue weighted by molar-refractivity contribution is 5.70. The topological polar surface area (TPSA) is 30.7 Å². The van der Waals surface area contributed by atoms with Crippen LogP contribution in [0.5, 0.6) is 0 Å². The lowest BCUT2D eigenvalue weighted by Crippen LogP contribution is -2.01. The Kier molecular flexibility index (Phi) is 3.67. The van der Waals surface area contributed by atoms with Gasteiger partial charge in [0.15, 0.2) is 5.82 Å². The second-order valence-corrected chi connectivity index (χ2v) is 5.75. The molecule has 2 aromatic heterocycles. The second-order valence-electron chi connectivity index (χ2n) is 5.75. The molecule has 0 saturated carbocycles. The molecule has 0 atom stereocenters. The summed E-state index contributed by atoms with van der Waals surface area (Å²) < 4.78 is 1.91. The Hall–Kier alpha value is -3.20. The molecule has 0 aliphatic rings. The van der Waals surface area contributed by atoms with Gasteiger partial charge >= 0.3 is 0 Å². The molecule has 0 bridgehead atoms. The van der Waals surface area contributed by atoms with E-state index < -0.39 is 0 Å². The maximum Gasteiger partial charge on any atom is 0.154 e. The van der Waals surface area contributed by atoms with Crippen molar-refractivity contribution < 1.29 is 0 Å². The van der Waals surface area contributed by atoms with Crippen LogP contribution < -0.4 is 0 Å². The van der Waals surface area contributed by atoms with Crippen LogP contribution in [0.15, 0.2) is 85.1 Å². The van der Waals surface area contributed by atoms with E-state index in [0.29, 0.717) is 0 Å². The number of hydrogen-bond donors (Lipinski definition) is 0. The van der Waals surface area contributed by atoms with Gasteiger partial charge in [0.25, 0.3) is 0 Å². The molecule has 0 amide bonds. The molecule has 0 aliphatic carbocycles. The fourth-order valence-corrected chi connectivity index (χ4v) is 2.71. The van der Waals surface area contributed by atoms with Gasteiger partial charge in [-0.15, -0.1) is 0 Å². The van der Waals surface area contributed by atoms with Crippen molar-refractivity contribution in [3.8, 4) is 28.3 Å². The van der Waals surface area contributed by atoms with Gasteiger partial charge in [-0.25, -0.2) is 9.67 Å².